The van der Waals surface area contributed by atoms with Crippen LogP contribution in [0, 0.1) is 0 Å². The first-order chi connectivity index (χ1) is 15.4. The molecule has 2 nitrogen and oxygen atoms in total. The van der Waals surface area contributed by atoms with Crippen molar-refractivity contribution >= 4 is 16.8 Å². The first kappa shape index (κ1) is 30.0. The van der Waals surface area contributed by atoms with Gasteiger partial charge in [-0.25, -0.2) is 0 Å². The van der Waals surface area contributed by atoms with Crippen LogP contribution in [0.1, 0.15) is 155 Å². The third kappa shape index (κ3) is 11.3. The van der Waals surface area contributed by atoms with Crippen molar-refractivity contribution in [1.29, 1.82) is 0 Å². The Hall–Kier alpha value is -1.02. The summed E-state index contributed by atoms with van der Waals surface area (Å²) in [5.41, 5.74) is 2.70. The molecule has 1 rings (SSSR count). The second-order valence-corrected chi connectivity index (χ2v) is 12.5. The third-order valence-corrected chi connectivity index (χ3v) is 6.94. The normalized spacial score (nSPS) is 13.3. The molecule has 190 valence electrons. The molecule has 0 fully saturated rings. The van der Waals surface area contributed by atoms with Crippen LogP contribution in [0.3, 0.4) is 0 Å². The van der Waals surface area contributed by atoms with Gasteiger partial charge in [0.05, 0.1) is 0 Å². The van der Waals surface area contributed by atoms with Crippen LogP contribution in [0.5, 0.6) is 5.75 Å². The minimum atomic E-state index is -0.272. The Kier molecular flexibility index (Phi) is 13.1. The molecule has 1 atom stereocenters. The molecule has 0 spiro atoms. The van der Waals surface area contributed by atoms with Crippen molar-refractivity contribution in [2.45, 2.75) is 149 Å². The highest BCUT2D eigenvalue weighted by Crippen LogP contribution is 2.42. The van der Waals surface area contributed by atoms with E-state index < -0.39 is 0 Å². The van der Waals surface area contributed by atoms with Crippen LogP contribution < -0.4 is 0 Å². The Balaban J connectivity index is 2.76. The monoisotopic (exact) mass is 478 g/mol. The number of phenols is 1. The number of halogens is 1. The van der Waals surface area contributed by atoms with Crippen molar-refractivity contribution in [3.63, 3.8) is 0 Å². The number of unbranched alkanes of at least 4 members (excludes halogenated alkanes) is 10. The highest BCUT2D eigenvalue weighted by atomic mass is 35.5. The molecule has 0 aliphatic heterocycles. The van der Waals surface area contributed by atoms with Gasteiger partial charge in [-0.2, -0.15) is 0 Å². The van der Waals surface area contributed by atoms with Gasteiger partial charge in [0.15, 0.2) is 0 Å². The number of carbonyl (C=O) groups excluding carboxylic acids is 1. The van der Waals surface area contributed by atoms with Gasteiger partial charge in [-0.15, -0.1) is 0 Å². The van der Waals surface area contributed by atoms with Crippen LogP contribution in [-0.4, -0.2) is 10.3 Å². The predicted molar refractivity (Wildman–Crippen MR) is 145 cm³/mol. The molecule has 0 saturated carbocycles. The van der Waals surface area contributed by atoms with Crippen LogP contribution >= 0.6 is 11.6 Å². The number of aromatic hydroxyl groups is 1. The van der Waals surface area contributed by atoms with E-state index in [9.17, 15) is 9.90 Å². The summed E-state index contributed by atoms with van der Waals surface area (Å²) in [6.45, 7) is 15.0. The van der Waals surface area contributed by atoms with E-state index in [2.05, 4.69) is 60.6 Å². The lowest BCUT2D eigenvalue weighted by Gasteiger charge is -2.30. The summed E-state index contributed by atoms with van der Waals surface area (Å²) in [4.78, 5) is 11.9. The SMILES string of the molecule is CCCCCCCCCCCCCC(CC(=O)Cl)c1cc(C(C)(C)C)c(O)c(C(C)(C)C)c1. The average molecular weight is 479 g/mol. The van der Waals surface area contributed by atoms with E-state index in [1.54, 1.807) is 0 Å². The van der Waals surface area contributed by atoms with Gasteiger partial charge in [0.25, 0.3) is 0 Å². The molecule has 33 heavy (non-hydrogen) atoms. The summed E-state index contributed by atoms with van der Waals surface area (Å²) in [7, 11) is 0. The summed E-state index contributed by atoms with van der Waals surface area (Å²) < 4.78 is 0. The van der Waals surface area contributed by atoms with E-state index in [1.165, 1.54) is 64.2 Å². The second kappa shape index (κ2) is 14.4. The van der Waals surface area contributed by atoms with E-state index in [0.717, 1.165) is 29.5 Å². The Labute approximate surface area is 209 Å². The smallest absolute Gasteiger partial charge is 0.222 e. The molecule has 1 aromatic rings. The van der Waals surface area contributed by atoms with Gasteiger partial charge in [-0.3, -0.25) is 4.79 Å². The Morgan fingerprint density at radius 2 is 1.18 bits per heavy atom. The van der Waals surface area contributed by atoms with Crippen molar-refractivity contribution in [2.75, 3.05) is 0 Å². The molecule has 0 bridgehead atoms. The van der Waals surface area contributed by atoms with Crippen LogP contribution in [0.15, 0.2) is 12.1 Å². The van der Waals surface area contributed by atoms with Crippen LogP contribution in [0.25, 0.3) is 0 Å². The predicted octanol–water partition coefficient (Wildman–Crippen LogP) is 9.93. The number of hydrogen-bond acceptors (Lipinski definition) is 2. The standard InChI is InChI=1S/C30H51ClO2/c1-8-9-10-11-12-13-14-15-16-17-18-19-23(22-27(31)32)24-20-25(29(2,3)4)28(33)26(21-24)30(5,6)7/h20-21,23,33H,8-19,22H2,1-7H3. The zero-order chi connectivity index (χ0) is 25.1. The van der Waals surface area contributed by atoms with Gasteiger partial charge in [0.2, 0.25) is 5.24 Å². The van der Waals surface area contributed by atoms with Gasteiger partial charge in [0.1, 0.15) is 5.75 Å². The molecule has 0 aromatic heterocycles. The zero-order valence-corrected chi connectivity index (χ0v) is 23.4. The molecule has 0 amide bonds. The van der Waals surface area contributed by atoms with Gasteiger partial charge >= 0.3 is 0 Å². The highest BCUT2D eigenvalue weighted by molar-refractivity contribution is 6.63. The van der Waals surface area contributed by atoms with E-state index in [1.807, 2.05) is 0 Å². The fraction of sp³-hybridized carbons (Fsp3) is 0.767. The third-order valence-electron chi connectivity index (χ3n) is 6.78. The maximum absolute atomic E-state index is 11.9. The fourth-order valence-corrected chi connectivity index (χ4v) is 4.86. The molecular formula is C30H51ClO2. The van der Waals surface area contributed by atoms with Crippen molar-refractivity contribution in [3.05, 3.63) is 28.8 Å². The molecule has 0 heterocycles. The maximum Gasteiger partial charge on any atom is 0.222 e. The largest absolute Gasteiger partial charge is 0.507 e. The van der Waals surface area contributed by atoms with E-state index in [0.29, 0.717) is 12.2 Å². The summed E-state index contributed by atoms with van der Waals surface area (Å²) in [6.07, 6.45) is 15.8. The van der Waals surface area contributed by atoms with Crippen LogP contribution in [0.2, 0.25) is 0 Å². The van der Waals surface area contributed by atoms with Crippen molar-refractivity contribution in [1.82, 2.24) is 0 Å². The minimum Gasteiger partial charge on any atom is -0.507 e. The lowest BCUT2D eigenvalue weighted by atomic mass is 9.76. The molecule has 1 unspecified atom stereocenters. The molecule has 3 heteroatoms. The number of phenolic OH excluding ortho intramolecular Hbond substituents is 1. The van der Waals surface area contributed by atoms with Crippen LogP contribution in [0.4, 0.5) is 0 Å². The molecule has 0 aliphatic carbocycles. The first-order valence-corrected chi connectivity index (χ1v) is 13.8. The van der Waals surface area contributed by atoms with Crippen molar-refractivity contribution in [2.24, 2.45) is 0 Å². The van der Waals surface area contributed by atoms with Gasteiger partial charge in [0, 0.05) is 6.42 Å². The number of rotatable bonds is 15. The number of hydrogen-bond donors (Lipinski definition) is 1. The van der Waals surface area contributed by atoms with Crippen LogP contribution in [-0.2, 0) is 15.6 Å². The maximum atomic E-state index is 11.9. The molecule has 0 saturated heterocycles. The number of benzene rings is 1. The Morgan fingerprint density at radius 3 is 1.55 bits per heavy atom. The fourth-order valence-electron chi connectivity index (χ4n) is 4.67. The molecular weight excluding hydrogens is 428 g/mol. The topological polar surface area (TPSA) is 37.3 Å². The highest BCUT2D eigenvalue weighted by Gasteiger charge is 2.28. The molecule has 1 N–H and O–H groups in total. The zero-order valence-electron chi connectivity index (χ0n) is 22.7. The summed E-state index contributed by atoms with van der Waals surface area (Å²) >= 11 is 5.87. The van der Waals surface area contributed by atoms with E-state index in [4.69, 9.17) is 11.6 Å². The van der Waals surface area contributed by atoms with E-state index in [-0.39, 0.29) is 22.0 Å². The van der Waals surface area contributed by atoms with Gasteiger partial charge in [-0.1, -0.05) is 131 Å². The number of carbonyl (C=O) groups is 1. The summed E-state index contributed by atoms with van der Waals surface area (Å²) in [5, 5.41) is 10.8. The van der Waals surface area contributed by atoms with Gasteiger partial charge < -0.3 is 5.11 Å². The quantitative estimate of drug-likeness (QED) is 0.201. The Bertz CT molecular complexity index is 674. The summed E-state index contributed by atoms with van der Waals surface area (Å²) in [5.74, 6) is 0.501. The summed E-state index contributed by atoms with van der Waals surface area (Å²) in [6, 6.07) is 4.24. The lowest BCUT2D eigenvalue weighted by molar-refractivity contribution is -0.112. The molecule has 1 aromatic carbocycles. The first-order valence-electron chi connectivity index (χ1n) is 13.4. The Morgan fingerprint density at radius 1 is 0.788 bits per heavy atom. The molecule has 0 radical (unpaired) electrons. The van der Waals surface area contributed by atoms with Crippen molar-refractivity contribution in [3.8, 4) is 5.75 Å². The lowest BCUT2D eigenvalue weighted by Crippen LogP contribution is -2.19. The second-order valence-electron chi connectivity index (χ2n) is 12.0. The van der Waals surface area contributed by atoms with Crippen molar-refractivity contribution < 1.29 is 9.90 Å². The molecule has 0 aliphatic rings. The van der Waals surface area contributed by atoms with E-state index >= 15 is 0 Å². The minimum absolute atomic E-state index is 0.108. The average Bonchev–Trinajstić information content (AvgIpc) is 2.69. The van der Waals surface area contributed by atoms with Gasteiger partial charge in [-0.05, 0) is 51.5 Å².